The van der Waals surface area contributed by atoms with Gasteiger partial charge in [0.2, 0.25) is 5.91 Å². The molecule has 1 rings (SSSR count). The zero-order chi connectivity index (χ0) is 15.9. The number of para-hydroxylation sites is 2. The molecule has 0 aliphatic rings. The van der Waals surface area contributed by atoms with Crippen LogP contribution >= 0.6 is 0 Å². The number of hydrogen-bond donors (Lipinski definition) is 3. The van der Waals surface area contributed by atoms with Crippen LogP contribution in [0.5, 0.6) is 5.75 Å². The molecule has 0 saturated carbocycles. The second-order valence-electron chi connectivity index (χ2n) is 5.96. The second kappa shape index (κ2) is 7.88. The molecule has 1 aromatic carbocycles. The molecule has 1 atom stereocenters. The second-order valence-corrected chi connectivity index (χ2v) is 5.96. The van der Waals surface area contributed by atoms with Gasteiger partial charge in [-0.25, -0.2) is 0 Å². The van der Waals surface area contributed by atoms with E-state index in [-0.39, 0.29) is 18.0 Å². The van der Waals surface area contributed by atoms with E-state index in [1.54, 1.807) is 7.11 Å². The standard InChI is InChI=1S/C16H27N3O2/c1-12(2)9-16(3,11-17)19-15(20)10-18-13-7-5-6-8-14(13)21-4/h5-8,12,18H,9-11,17H2,1-4H3,(H,19,20). The SMILES string of the molecule is COc1ccccc1NCC(=O)NC(C)(CN)CC(C)C. The van der Waals surface area contributed by atoms with Gasteiger partial charge in [-0.15, -0.1) is 0 Å². The summed E-state index contributed by atoms with van der Waals surface area (Å²) < 4.78 is 5.24. The molecule has 5 heteroatoms. The van der Waals surface area contributed by atoms with Crippen LogP contribution in [0.3, 0.4) is 0 Å². The number of anilines is 1. The third-order valence-corrected chi connectivity index (χ3v) is 3.30. The predicted octanol–water partition coefficient (Wildman–Crippen LogP) is 1.99. The van der Waals surface area contributed by atoms with Crippen molar-refractivity contribution in [1.29, 1.82) is 0 Å². The van der Waals surface area contributed by atoms with Crippen molar-refractivity contribution in [2.24, 2.45) is 11.7 Å². The van der Waals surface area contributed by atoms with E-state index in [9.17, 15) is 4.79 Å². The molecule has 1 amide bonds. The summed E-state index contributed by atoms with van der Waals surface area (Å²) in [6.45, 7) is 6.83. The minimum Gasteiger partial charge on any atom is -0.495 e. The van der Waals surface area contributed by atoms with Gasteiger partial charge in [0.15, 0.2) is 0 Å². The Morgan fingerprint density at radius 2 is 2.05 bits per heavy atom. The van der Waals surface area contributed by atoms with Crippen molar-refractivity contribution in [3.8, 4) is 5.75 Å². The van der Waals surface area contributed by atoms with Gasteiger partial charge in [-0.2, -0.15) is 0 Å². The van der Waals surface area contributed by atoms with E-state index >= 15 is 0 Å². The van der Waals surface area contributed by atoms with Gasteiger partial charge in [-0.05, 0) is 31.4 Å². The summed E-state index contributed by atoms with van der Waals surface area (Å²) in [4.78, 5) is 12.1. The summed E-state index contributed by atoms with van der Waals surface area (Å²) in [6, 6.07) is 7.51. The van der Waals surface area contributed by atoms with Crippen LogP contribution in [-0.2, 0) is 4.79 Å². The highest BCUT2D eigenvalue weighted by Crippen LogP contribution is 2.22. The lowest BCUT2D eigenvalue weighted by Gasteiger charge is -2.31. The molecule has 0 aliphatic carbocycles. The summed E-state index contributed by atoms with van der Waals surface area (Å²) in [5.74, 6) is 1.12. The molecule has 1 aromatic rings. The number of nitrogens with two attached hydrogens (primary N) is 1. The van der Waals surface area contributed by atoms with Crippen LogP contribution in [0.25, 0.3) is 0 Å². The van der Waals surface area contributed by atoms with Crippen molar-refractivity contribution >= 4 is 11.6 Å². The van der Waals surface area contributed by atoms with Crippen molar-refractivity contribution < 1.29 is 9.53 Å². The van der Waals surface area contributed by atoms with E-state index in [0.29, 0.717) is 18.2 Å². The number of methoxy groups -OCH3 is 1. The van der Waals surface area contributed by atoms with E-state index in [1.165, 1.54) is 0 Å². The molecule has 21 heavy (non-hydrogen) atoms. The number of carbonyl (C=O) groups is 1. The van der Waals surface area contributed by atoms with Gasteiger partial charge in [-0.1, -0.05) is 26.0 Å². The third kappa shape index (κ3) is 5.63. The molecule has 0 radical (unpaired) electrons. The first-order chi connectivity index (χ1) is 9.90. The Kier molecular flexibility index (Phi) is 6.49. The number of benzene rings is 1. The minimum atomic E-state index is -0.367. The number of amides is 1. The summed E-state index contributed by atoms with van der Waals surface area (Å²) >= 11 is 0. The van der Waals surface area contributed by atoms with Gasteiger partial charge in [0.1, 0.15) is 5.75 Å². The van der Waals surface area contributed by atoms with E-state index < -0.39 is 0 Å². The average Bonchev–Trinajstić information content (AvgIpc) is 2.44. The fourth-order valence-electron chi connectivity index (χ4n) is 2.43. The van der Waals surface area contributed by atoms with Crippen LogP contribution in [0.1, 0.15) is 27.2 Å². The fraction of sp³-hybridized carbons (Fsp3) is 0.562. The van der Waals surface area contributed by atoms with Crippen LogP contribution in [-0.4, -0.2) is 31.6 Å². The van der Waals surface area contributed by atoms with Crippen molar-refractivity contribution in [2.45, 2.75) is 32.7 Å². The maximum Gasteiger partial charge on any atom is 0.239 e. The summed E-state index contributed by atoms with van der Waals surface area (Å²) in [5, 5.41) is 6.10. The lowest BCUT2D eigenvalue weighted by molar-refractivity contribution is -0.121. The first kappa shape index (κ1) is 17.3. The molecule has 1 unspecified atom stereocenters. The summed E-state index contributed by atoms with van der Waals surface area (Å²) in [6.07, 6.45) is 0.851. The van der Waals surface area contributed by atoms with Gasteiger partial charge >= 0.3 is 0 Å². The van der Waals surface area contributed by atoms with E-state index in [0.717, 1.165) is 12.1 Å². The van der Waals surface area contributed by atoms with Crippen LogP contribution < -0.4 is 21.1 Å². The maximum atomic E-state index is 12.1. The highest BCUT2D eigenvalue weighted by molar-refractivity contribution is 5.82. The molecule has 118 valence electrons. The Morgan fingerprint density at radius 1 is 1.38 bits per heavy atom. The van der Waals surface area contributed by atoms with Crippen molar-refractivity contribution in [3.63, 3.8) is 0 Å². The molecule has 0 spiro atoms. The molecule has 0 bridgehead atoms. The lowest BCUT2D eigenvalue weighted by Crippen LogP contribution is -2.53. The Hall–Kier alpha value is -1.75. The molecule has 4 N–H and O–H groups in total. The summed E-state index contributed by atoms with van der Waals surface area (Å²) in [7, 11) is 1.61. The number of carbonyl (C=O) groups excluding carboxylic acids is 1. The quantitative estimate of drug-likeness (QED) is 0.685. The lowest BCUT2D eigenvalue weighted by atomic mass is 9.91. The molecule has 0 aliphatic heterocycles. The van der Waals surface area contributed by atoms with Crippen LogP contribution in [0.4, 0.5) is 5.69 Å². The first-order valence-electron chi connectivity index (χ1n) is 7.28. The normalized spacial score (nSPS) is 13.6. The van der Waals surface area contributed by atoms with E-state index in [1.807, 2.05) is 31.2 Å². The van der Waals surface area contributed by atoms with Crippen LogP contribution in [0.15, 0.2) is 24.3 Å². The van der Waals surface area contributed by atoms with Crippen molar-refractivity contribution in [1.82, 2.24) is 5.32 Å². The Morgan fingerprint density at radius 3 is 2.62 bits per heavy atom. The molecule has 0 heterocycles. The number of ether oxygens (including phenoxy) is 1. The fourth-order valence-corrected chi connectivity index (χ4v) is 2.43. The molecule has 5 nitrogen and oxygen atoms in total. The highest BCUT2D eigenvalue weighted by Gasteiger charge is 2.25. The molecular formula is C16H27N3O2. The van der Waals surface area contributed by atoms with Gasteiger partial charge in [0.05, 0.1) is 19.3 Å². The predicted molar refractivity (Wildman–Crippen MR) is 86.5 cm³/mol. The maximum absolute atomic E-state index is 12.1. The smallest absolute Gasteiger partial charge is 0.239 e. The zero-order valence-corrected chi connectivity index (χ0v) is 13.4. The highest BCUT2D eigenvalue weighted by atomic mass is 16.5. The zero-order valence-electron chi connectivity index (χ0n) is 13.4. The number of hydrogen-bond acceptors (Lipinski definition) is 4. The molecule has 0 fully saturated rings. The van der Waals surface area contributed by atoms with Crippen LogP contribution in [0, 0.1) is 5.92 Å². The topological polar surface area (TPSA) is 76.4 Å². The monoisotopic (exact) mass is 293 g/mol. The van der Waals surface area contributed by atoms with Crippen molar-refractivity contribution in [3.05, 3.63) is 24.3 Å². The van der Waals surface area contributed by atoms with E-state index in [2.05, 4.69) is 24.5 Å². The molecule has 0 saturated heterocycles. The average molecular weight is 293 g/mol. The van der Waals surface area contributed by atoms with E-state index in [4.69, 9.17) is 10.5 Å². The summed E-state index contributed by atoms with van der Waals surface area (Å²) in [5.41, 5.74) is 6.23. The number of nitrogens with one attached hydrogen (secondary N) is 2. The Bertz CT molecular complexity index is 463. The van der Waals surface area contributed by atoms with Gasteiger partial charge in [0, 0.05) is 12.1 Å². The van der Waals surface area contributed by atoms with Gasteiger partial charge in [0.25, 0.3) is 0 Å². The van der Waals surface area contributed by atoms with Crippen molar-refractivity contribution in [2.75, 3.05) is 25.5 Å². The Labute approximate surface area is 127 Å². The number of rotatable bonds is 8. The third-order valence-electron chi connectivity index (χ3n) is 3.30. The molecular weight excluding hydrogens is 266 g/mol. The largest absolute Gasteiger partial charge is 0.495 e. The van der Waals surface area contributed by atoms with Gasteiger partial charge in [-0.3, -0.25) is 4.79 Å². The minimum absolute atomic E-state index is 0.0745. The first-order valence-corrected chi connectivity index (χ1v) is 7.28. The Balaban J connectivity index is 2.57. The van der Waals surface area contributed by atoms with Crippen LogP contribution in [0.2, 0.25) is 0 Å². The van der Waals surface area contributed by atoms with Gasteiger partial charge < -0.3 is 21.1 Å². The molecule has 0 aromatic heterocycles.